The number of nitrogens with one attached hydrogen (secondary N) is 1. The third kappa shape index (κ3) is 3.56. The minimum atomic E-state index is -3.65. The number of thiophene rings is 1. The normalized spacial score (nSPS) is 13.3. The van der Waals surface area contributed by atoms with Crippen molar-refractivity contribution < 1.29 is 17.9 Å². The Balaban J connectivity index is 2.05. The van der Waals surface area contributed by atoms with Gasteiger partial charge in [-0.05, 0) is 29.1 Å². The highest BCUT2D eigenvalue weighted by molar-refractivity contribution is 7.91. The Labute approximate surface area is 124 Å². The first kappa shape index (κ1) is 15.4. The summed E-state index contributed by atoms with van der Waals surface area (Å²) in [5.41, 5.74) is 0.251. The van der Waals surface area contributed by atoms with E-state index < -0.39 is 21.9 Å². The molecule has 20 heavy (non-hydrogen) atoms. The molecule has 1 aromatic carbocycles. The van der Waals surface area contributed by atoms with E-state index in [0.717, 1.165) is 17.4 Å². The van der Waals surface area contributed by atoms with E-state index in [0.29, 0.717) is 0 Å². The first-order chi connectivity index (χ1) is 9.40. The number of halogens is 2. The van der Waals surface area contributed by atoms with E-state index in [4.69, 9.17) is 11.6 Å². The van der Waals surface area contributed by atoms with E-state index in [2.05, 4.69) is 4.72 Å². The van der Waals surface area contributed by atoms with Crippen LogP contribution in [0.2, 0.25) is 5.02 Å². The fraction of sp³-hybridized carbons (Fsp3) is 0.167. The van der Waals surface area contributed by atoms with Crippen LogP contribution >= 0.6 is 22.9 Å². The summed E-state index contributed by atoms with van der Waals surface area (Å²) in [5, 5.41) is 11.4. The van der Waals surface area contributed by atoms with Crippen molar-refractivity contribution >= 4 is 33.0 Å². The largest absolute Gasteiger partial charge is 0.387 e. The van der Waals surface area contributed by atoms with Gasteiger partial charge in [-0.1, -0.05) is 23.7 Å². The number of aliphatic hydroxyl groups is 1. The molecule has 1 aromatic heterocycles. The minimum absolute atomic E-state index is 0.0554. The van der Waals surface area contributed by atoms with Crippen molar-refractivity contribution in [3.63, 3.8) is 0 Å². The zero-order chi connectivity index (χ0) is 14.8. The van der Waals surface area contributed by atoms with Crippen LogP contribution in [-0.2, 0) is 10.0 Å². The number of rotatable bonds is 5. The molecule has 1 unspecified atom stereocenters. The SMILES string of the molecule is O=S(=O)(NCC(O)c1ccc(Cl)c(F)c1)c1cccs1. The van der Waals surface area contributed by atoms with Gasteiger partial charge in [-0.25, -0.2) is 17.5 Å². The molecule has 108 valence electrons. The van der Waals surface area contributed by atoms with Crippen LogP contribution in [-0.4, -0.2) is 20.1 Å². The van der Waals surface area contributed by atoms with Gasteiger partial charge in [0.05, 0.1) is 11.1 Å². The summed E-state index contributed by atoms with van der Waals surface area (Å²) in [6.07, 6.45) is -1.16. The number of hydrogen-bond acceptors (Lipinski definition) is 4. The first-order valence-electron chi connectivity index (χ1n) is 5.56. The first-order valence-corrected chi connectivity index (χ1v) is 8.30. The van der Waals surface area contributed by atoms with Gasteiger partial charge in [-0.15, -0.1) is 11.3 Å². The molecule has 0 aliphatic rings. The van der Waals surface area contributed by atoms with Crippen molar-refractivity contribution in [3.8, 4) is 0 Å². The van der Waals surface area contributed by atoms with Gasteiger partial charge in [0.25, 0.3) is 0 Å². The third-order valence-electron chi connectivity index (χ3n) is 2.56. The fourth-order valence-electron chi connectivity index (χ4n) is 1.51. The van der Waals surface area contributed by atoms with Crippen LogP contribution in [0.15, 0.2) is 39.9 Å². The molecule has 0 saturated carbocycles. The third-order valence-corrected chi connectivity index (χ3v) is 5.68. The topological polar surface area (TPSA) is 66.4 Å². The molecule has 0 bridgehead atoms. The lowest BCUT2D eigenvalue weighted by molar-refractivity contribution is 0.181. The molecule has 0 spiro atoms. The standard InChI is InChI=1S/C12H11ClFNO3S2/c13-9-4-3-8(6-10(9)14)11(16)7-15-20(17,18)12-2-1-5-19-12/h1-6,11,15-16H,7H2. The predicted molar refractivity (Wildman–Crippen MR) is 75.9 cm³/mol. The van der Waals surface area contributed by atoms with Crippen molar-refractivity contribution in [1.29, 1.82) is 0 Å². The summed E-state index contributed by atoms with van der Waals surface area (Å²) in [6, 6.07) is 6.90. The molecule has 0 saturated heterocycles. The van der Waals surface area contributed by atoms with Crippen LogP contribution in [0.3, 0.4) is 0 Å². The van der Waals surface area contributed by atoms with Crippen LogP contribution in [0, 0.1) is 5.82 Å². The summed E-state index contributed by atoms with van der Waals surface area (Å²) >= 11 is 6.61. The minimum Gasteiger partial charge on any atom is -0.387 e. The van der Waals surface area contributed by atoms with Gasteiger partial charge < -0.3 is 5.11 Å². The summed E-state index contributed by atoms with van der Waals surface area (Å²) in [5.74, 6) is -0.663. The quantitative estimate of drug-likeness (QED) is 0.882. The Kier molecular flexibility index (Phi) is 4.77. The van der Waals surface area contributed by atoms with Crippen LogP contribution in [0.25, 0.3) is 0 Å². The molecule has 2 aromatic rings. The molecule has 0 aliphatic carbocycles. The molecular weight excluding hydrogens is 325 g/mol. The Hall–Kier alpha value is -0.990. The number of sulfonamides is 1. The predicted octanol–water partition coefficient (Wildman–Crippen LogP) is 2.55. The highest BCUT2D eigenvalue weighted by Crippen LogP contribution is 2.21. The molecule has 0 amide bonds. The lowest BCUT2D eigenvalue weighted by Gasteiger charge is -2.12. The lowest BCUT2D eigenvalue weighted by Crippen LogP contribution is -2.28. The monoisotopic (exact) mass is 335 g/mol. The molecule has 0 fully saturated rings. The number of hydrogen-bond donors (Lipinski definition) is 2. The Morgan fingerprint density at radius 1 is 1.40 bits per heavy atom. The maximum Gasteiger partial charge on any atom is 0.250 e. The molecule has 1 atom stereocenters. The van der Waals surface area contributed by atoms with Crippen LogP contribution in [0.1, 0.15) is 11.7 Å². The maximum atomic E-state index is 13.3. The Bertz CT molecular complexity index is 689. The van der Waals surface area contributed by atoms with E-state index in [1.807, 2.05) is 0 Å². The Morgan fingerprint density at radius 2 is 2.15 bits per heavy atom. The van der Waals surface area contributed by atoms with Gasteiger partial charge >= 0.3 is 0 Å². The average Bonchev–Trinajstić information content (AvgIpc) is 2.94. The molecule has 4 nitrogen and oxygen atoms in total. The van der Waals surface area contributed by atoms with E-state index in [-0.39, 0.29) is 21.3 Å². The summed E-state index contributed by atoms with van der Waals surface area (Å²) in [7, 11) is -3.65. The van der Waals surface area contributed by atoms with Crippen molar-refractivity contribution in [2.75, 3.05) is 6.54 Å². The van der Waals surface area contributed by atoms with Crippen LogP contribution < -0.4 is 4.72 Å². The van der Waals surface area contributed by atoms with Gasteiger partial charge in [0, 0.05) is 6.54 Å². The molecule has 2 rings (SSSR count). The maximum absolute atomic E-state index is 13.3. The summed E-state index contributed by atoms with van der Waals surface area (Å²) in [6.45, 7) is -0.249. The molecular formula is C12H11ClFNO3S2. The number of aliphatic hydroxyl groups excluding tert-OH is 1. The second kappa shape index (κ2) is 6.19. The Morgan fingerprint density at radius 3 is 2.75 bits per heavy atom. The second-order valence-electron chi connectivity index (χ2n) is 3.97. The van der Waals surface area contributed by atoms with Crippen LogP contribution in [0.4, 0.5) is 4.39 Å². The summed E-state index contributed by atoms with van der Waals surface area (Å²) < 4.78 is 39.4. The average molecular weight is 336 g/mol. The summed E-state index contributed by atoms with van der Waals surface area (Å²) in [4.78, 5) is 0. The second-order valence-corrected chi connectivity index (χ2v) is 7.32. The van der Waals surface area contributed by atoms with Gasteiger partial charge in [-0.2, -0.15) is 0 Å². The van der Waals surface area contributed by atoms with Gasteiger partial charge in [-0.3, -0.25) is 0 Å². The van der Waals surface area contributed by atoms with Gasteiger partial charge in [0.2, 0.25) is 10.0 Å². The molecule has 1 heterocycles. The van der Waals surface area contributed by atoms with E-state index in [9.17, 15) is 17.9 Å². The van der Waals surface area contributed by atoms with Gasteiger partial charge in [0.1, 0.15) is 10.0 Å². The molecule has 0 radical (unpaired) electrons. The smallest absolute Gasteiger partial charge is 0.250 e. The van der Waals surface area contributed by atoms with Gasteiger partial charge in [0.15, 0.2) is 0 Å². The van der Waals surface area contributed by atoms with Crippen molar-refractivity contribution in [2.24, 2.45) is 0 Å². The zero-order valence-corrected chi connectivity index (χ0v) is 12.5. The van der Waals surface area contributed by atoms with Crippen molar-refractivity contribution in [2.45, 2.75) is 10.3 Å². The van der Waals surface area contributed by atoms with Crippen LogP contribution in [0.5, 0.6) is 0 Å². The molecule has 8 heteroatoms. The van der Waals surface area contributed by atoms with Crippen molar-refractivity contribution in [3.05, 3.63) is 52.1 Å². The highest BCUT2D eigenvalue weighted by atomic mass is 35.5. The van der Waals surface area contributed by atoms with E-state index in [1.54, 1.807) is 11.4 Å². The number of benzene rings is 1. The molecule has 2 N–H and O–H groups in total. The lowest BCUT2D eigenvalue weighted by atomic mass is 10.1. The van der Waals surface area contributed by atoms with E-state index in [1.165, 1.54) is 18.2 Å². The zero-order valence-electron chi connectivity index (χ0n) is 10.1. The molecule has 0 aliphatic heterocycles. The van der Waals surface area contributed by atoms with E-state index >= 15 is 0 Å². The van der Waals surface area contributed by atoms with Crippen molar-refractivity contribution in [1.82, 2.24) is 4.72 Å². The highest BCUT2D eigenvalue weighted by Gasteiger charge is 2.18. The fourth-order valence-corrected chi connectivity index (χ4v) is 3.71.